The van der Waals surface area contributed by atoms with Crippen LogP contribution in [-0.2, 0) is 10.0 Å². The summed E-state index contributed by atoms with van der Waals surface area (Å²) < 4.78 is 25.0. The summed E-state index contributed by atoms with van der Waals surface area (Å²) in [7, 11) is 0.102. The first-order valence-corrected chi connectivity index (χ1v) is 6.95. The molecule has 0 spiro atoms. The Labute approximate surface area is 97.7 Å². The number of hydrogen-bond acceptors (Lipinski definition) is 4. The third kappa shape index (κ3) is 2.73. The third-order valence-electron chi connectivity index (χ3n) is 3.20. The second kappa shape index (κ2) is 5.13. The van der Waals surface area contributed by atoms with E-state index in [2.05, 4.69) is 4.90 Å². The van der Waals surface area contributed by atoms with Gasteiger partial charge in [-0.25, -0.2) is 12.7 Å². The van der Waals surface area contributed by atoms with E-state index in [1.807, 2.05) is 7.05 Å². The topological polar surface area (TPSA) is 64.4 Å². The first-order valence-electron chi connectivity index (χ1n) is 5.44. The van der Waals surface area contributed by atoms with Gasteiger partial charge in [-0.2, -0.15) is 5.26 Å². The van der Waals surface area contributed by atoms with Gasteiger partial charge in [-0.05, 0) is 33.4 Å². The van der Waals surface area contributed by atoms with Crippen LogP contribution in [0.4, 0.5) is 0 Å². The van der Waals surface area contributed by atoms with Crippen LogP contribution in [0.5, 0.6) is 0 Å². The highest BCUT2D eigenvalue weighted by Gasteiger charge is 2.30. The van der Waals surface area contributed by atoms with Crippen LogP contribution in [0.3, 0.4) is 0 Å². The zero-order valence-electron chi connectivity index (χ0n) is 10.0. The van der Waals surface area contributed by atoms with E-state index >= 15 is 0 Å². The summed E-state index contributed by atoms with van der Waals surface area (Å²) in [6, 6.07) is 2.06. The Morgan fingerprint density at radius 2 is 2.25 bits per heavy atom. The minimum absolute atomic E-state index is 0.283. The fourth-order valence-electron chi connectivity index (χ4n) is 1.95. The quantitative estimate of drug-likeness (QED) is 0.712. The Hall–Kier alpha value is -0.640. The van der Waals surface area contributed by atoms with Crippen LogP contribution < -0.4 is 0 Å². The van der Waals surface area contributed by atoms with Crippen molar-refractivity contribution >= 4 is 10.0 Å². The lowest BCUT2D eigenvalue weighted by Gasteiger charge is -2.26. The zero-order chi connectivity index (χ0) is 12.3. The van der Waals surface area contributed by atoms with Crippen molar-refractivity contribution in [2.45, 2.75) is 31.1 Å². The fraction of sp³-hybridized carbons (Fsp3) is 0.900. The molecule has 92 valence electrons. The maximum absolute atomic E-state index is 11.8. The summed E-state index contributed by atoms with van der Waals surface area (Å²) in [5.41, 5.74) is 0. The molecule has 6 heteroatoms. The molecule has 2 unspecified atom stereocenters. The molecule has 1 heterocycles. The normalized spacial score (nSPS) is 24.6. The van der Waals surface area contributed by atoms with Crippen molar-refractivity contribution in [2.75, 3.05) is 27.2 Å². The third-order valence-corrected chi connectivity index (χ3v) is 5.22. The molecule has 0 N–H and O–H groups in total. The lowest BCUT2D eigenvalue weighted by molar-refractivity contribution is 0.270. The Bertz CT molecular complexity index is 374. The molecular formula is C10H19N3O2S. The molecule has 16 heavy (non-hydrogen) atoms. The maximum Gasteiger partial charge on any atom is 0.229 e. The van der Waals surface area contributed by atoms with Crippen LogP contribution in [0.2, 0.25) is 0 Å². The van der Waals surface area contributed by atoms with Gasteiger partial charge in [-0.15, -0.1) is 0 Å². The van der Waals surface area contributed by atoms with Crippen molar-refractivity contribution in [3.8, 4) is 6.07 Å². The first kappa shape index (κ1) is 13.4. The molecule has 0 bridgehead atoms. The van der Waals surface area contributed by atoms with E-state index in [0.29, 0.717) is 6.54 Å². The van der Waals surface area contributed by atoms with Crippen molar-refractivity contribution in [3.63, 3.8) is 0 Å². The molecule has 0 aliphatic carbocycles. The van der Waals surface area contributed by atoms with Crippen LogP contribution in [0.15, 0.2) is 0 Å². The van der Waals surface area contributed by atoms with Gasteiger partial charge in [0.25, 0.3) is 0 Å². The molecule has 0 aromatic heterocycles. The molecule has 0 amide bonds. The van der Waals surface area contributed by atoms with E-state index in [1.54, 1.807) is 13.1 Å². The first-order chi connectivity index (χ1) is 7.39. The highest BCUT2D eigenvalue weighted by atomic mass is 32.2. The number of likely N-dealkylation sites (tertiary alicyclic amines) is 1. The van der Waals surface area contributed by atoms with Gasteiger partial charge in [0.05, 0.1) is 6.07 Å². The van der Waals surface area contributed by atoms with Gasteiger partial charge in [0.15, 0.2) is 5.25 Å². The van der Waals surface area contributed by atoms with Crippen LogP contribution in [0.25, 0.3) is 0 Å². The Kier molecular flexibility index (Phi) is 4.30. The van der Waals surface area contributed by atoms with Gasteiger partial charge in [-0.1, -0.05) is 0 Å². The standard InChI is InChI=1S/C10H19N3O2S/c1-9(7-11)16(14,15)13(3)8-10-5-4-6-12(10)2/h9-10H,4-6,8H2,1-3H3. The van der Waals surface area contributed by atoms with E-state index in [4.69, 9.17) is 5.26 Å². The minimum Gasteiger partial charge on any atom is -0.302 e. The molecule has 1 rings (SSSR count). The van der Waals surface area contributed by atoms with Gasteiger partial charge < -0.3 is 4.90 Å². The van der Waals surface area contributed by atoms with Crippen molar-refractivity contribution in [3.05, 3.63) is 0 Å². The molecular weight excluding hydrogens is 226 g/mol. The maximum atomic E-state index is 11.8. The predicted molar refractivity (Wildman–Crippen MR) is 62.3 cm³/mol. The van der Waals surface area contributed by atoms with E-state index in [0.717, 1.165) is 19.4 Å². The molecule has 1 fully saturated rings. The highest BCUT2D eigenvalue weighted by molar-refractivity contribution is 7.89. The second-order valence-corrected chi connectivity index (χ2v) is 6.73. The summed E-state index contributed by atoms with van der Waals surface area (Å²) in [5.74, 6) is 0. The van der Waals surface area contributed by atoms with E-state index < -0.39 is 15.3 Å². The van der Waals surface area contributed by atoms with Crippen LogP contribution in [0.1, 0.15) is 19.8 Å². The average Bonchev–Trinajstić information content (AvgIpc) is 2.63. The summed E-state index contributed by atoms with van der Waals surface area (Å²) in [6.07, 6.45) is 2.14. The number of hydrogen-bond donors (Lipinski definition) is 0. The molecule has 0 radical (unpaired) electrons. The van der Waals surface area contributed by atoms with Crippen molar-refractivity contribution < 1.29 is 8.42 Å². The largest absolute Gasteiger partial charge is 0.302 e. The van der Waals surface area contributed by atoms with Gasteiger partial charge in [-0.3, -0.25) is 0 Å². The number of nitriles is 1. The summed E-state index contributed by atoms with van der Waals surface area (Å²) >= 11 is 0. The molecule has 0 aromatic rings. The molecule has 2 atom stereocenters. The van der Waals surface area contributed by atoms with Gasteiger partial charge >= 0.3 is 0 Å². The van der Waals surface area contributed by atoms with Crippen LogP contribution >= 0.6 is 0 Å². The van der Waals surface area contributed by atoms with Crippen molar-refractivity contribution in [2.24, 2.45) is 0 Å². The number of rotatable bonds is 4. The molecule has 0 aromatic carbocycles. The molecule has 5 nitrogen and oxygen atoms in total. The van der Waals surface area contributed by atoms with Gasteiger partial charge in [0.2, 0.25) is 10.0 Å². The van der Waals surface area contributed by atoms with Gasteiger partial charge in [0, 0.05) is 19.6 Å². The average molecular weight is 245 g/mol. The Balaban J connectivity index is 2.65. The molecule has 1 aliphatic heterocycles. The second-order valence-electron chi connectivity index (χ2n) is 4.37. The fourth-order valence-corrected chi connectivity index (χ4v) is 3.00. The molecule has 0 saturated carbocycles. The molecule has 1 aliphatic rings. The predicted octanol–water partition coefficient (Wildman–Crippen LogP) is 0.254. The number of sulfonamides is 1. The SMILES string of the molecule is CC(C#N)S(=O)(=O)N(C)CC1CCCN1C. The van der Waals surface area contributed by atoms with Crippen molar-refractivity contribution in [1.29, 1.82) is 5.26 Å². The monoisotopic (exact) mass is 245 g/mol. The van der Waals surface area contributed by atoms with Crippen LogP contribution in [-0.4, -0.2) is 56.1 Å². The molecule has 1 saturated heterocycles. The highest BCUT2D eigenvalue weighted by Crippen LogP contribution is 2.17. The smallest absolute Gasteiger partial charge is 0.229 e. The van der Waals surface area contributed by atoms with Crippen molar-refractivity contribution in [1.82, 2.24) is 9.21 Å². The van der Waals surface area contributed by atoms with E-state index in [1.165, 1.54) is 11.2 Å². The Morgan fingerprint density at radius 1 is 1.62 bits per heavy atom. The lowest BCUT2D eigenvalue weighted by Crippen LogP contribution is -2.42. The zero-order valence-corrected chi connectivity index (χ0v) is 10.9. The van der Waals surface area contributed by atoms with E-state index in [9.17, 15) is 8.42 Å². The van der Waals surface area contributed by atoms with Gasteiger partial charge in [0.1, 0.15) is 0 Å². The summed E-state index contributed by atoms with van der Waals surface area (Å²) in [6.45, 7) is 2.92. The summed E-state index contributed by atoms with van der Waals surface area (Å²) in [4.78, 5) is 2.17. The Morgan fingerprint density at radius 3 is 2.69 bits per heavy atom. The minimum atomic E-state index is -3.45. The lowest BCUT2D eigenvalue weighted by atomic mass is 10.2. The summed E-state index contributed by atoms with van der Waals surface area (Å²) in [5, 5.41) is 7.70. The van der Waals surface area contributed by atoms with Crippen LogP contribution in [0, 0.1) is 11.3 Å². The number of nitrogens with zero attached hydrogens (tertiary/aromatic N) is 3. The van der Waals surface area contributed by atoms with E-state index in [-0.39, 0.29) is 6.04 Å². The number of likely N-dealkylation sites (N-methyl/N-ethyl adjacent to an activating group) is 2.